The van der Waals surface area contributed by atoms with E-state index in [9.17, 15) is 9.59 Å². The van der Waals surface area contributed by atoms with E-state index in [0.717, 1.165) is 18.5 Å². The van der Waals surface area contributed by atoms with E-state index in [2.05, 4.69) is 25.3 Å². The number of carbonyl (C=O) groups is 2. The van der Waals surface area contributed by atoms with Gasteiger partial charge in [-0.1, -0.05) is 59.6 Å². The van der Waals surface area contributed by atoms with Gasteiger partial charge in [-0.25, -0.2) is 33.5 Å². The molecule has 2 aromatic heterocycles. The molecular formula is C45H42Cl3F2N6O6-. The molecule has 4 aromatic carbocycles. The Morgan fingerprint density at radius 1 is 0.726 bits per heavy atom. The van der Waals surface area contributed by atoms with Crippen LogP contribution in [0.2, 0.25) is 15.3 Å². The number of hydrogen-bond acceptors (Lipinski definition) is 10. The maximum atomic E-state index is 15.4. The molecule has 62 heavy (non-hydrogen) atoms. The van der Waals surface area contributed by atoms with Crippen LogP contribution >= 0.6 is 34.8 Å². The Labute approximate surface area is 372 Å². The molecule has 0 aliphatic carbocycles. The summed E-state index contributed by atoms with van der Waals surface area (Å²) in [6, 6.07) is 20.0. The zero-order valence-electron chi connectivity index (χ0n) is 33.8. The van der Waals surface area contributed by atoms with Crippen molar-refractivity contribution in [1.29, 1.82) is 0 Å². The third-order valence-electron chi connectivity index (χ3n) is 9.87. The van der Waals surface area contributed by atoms with E-state index < -0.39 is 23.8 Å². The molecule has 0 amide bonds. The van der Waals surface area contributed by atoms with E-state index in [0.29, 0.717) is 85.8 Å². The van der Waals surface area contributed by atoms with Crippen LogP contribution in [-0.2, 0) is 22.4 Å². The summed E-state index contributed by atoms with van der Waals surface area (Å²) in [5, 5.41) is 21.3. The molecule has 3 N–H and O–H groups in total. The zero-order valence-corrected chi connectivity index (χ0v) is 36.1. The molecule has 2 fully saturated rings. The lowest BCUT2D eigenvalue weighted by atomic mass is 9.98. The fourth-order valence-electron chi connectivity index (χ4n) is 6.48. The lowest BCUT2D eigenvalue weighted by molar-refractivity contribution is -0.141. The predicted molar refractivity (Wildman–Crippen MR) is 235 cm³/mol. The predicted octanol–water partition coefficient (Wildman–Crippen LogP) is 9.27. The van der Waals surface area contributed by atoms with E-state index >= 15 is 8.78 Å². The van der Waals surface area contributed by atoms with Crippen LogP contribution in [0.15, 0.2) is 97.6 Å². The molecule has 17 heteroatoms. The zero-order chi connectivity index (χ0) is 43.6. The molecule has 324 valence electrons. The number of carboxylic acid groups (broad SMARTS) is 2. The number of aromatic nitrogens is 4. The first-order valence-corrected chi connectivity index (χ1v) is 20.0. The van der Waals surface area contributed by atoms with Crippen LogP contribution in [0.4, 0.5) is 14.7 Å². The van der Waals surface area contributed by atoms with Gasteiger partial charge in [0.25, 0.3) is 0 Å². The lowest BCUT2D eigenvalue weighted by Crippen LogP contribution is -2.53. The highest BCUT2D eigenvalue weighted by atomic mass is 35.5. The van der Waals surface area contributed by atoms with Crippen LogP contribution in [0.5, 0.6) is 11.5 Å². The van der Waals surface area contributed by atoms with Gasteiger partial charge in [0.1, 0.15) is 35.2 Å². The first-order chi connectivity index (χ1) is 29.4. The molecular weight excluding hydrogens is 865 g/mol. The monoisotopic (exact) mass is 905 g/mol. The number of rotatable bonds is 11. The van der Waals surface area contributed by atoms with Gasteiger partial charge in [-0.3, -0.25) is 4.79 Å². The number of aliphatic carboxylic acids is 2. The average Bonchev–Trinajstić information content (AvgIpc) is 3.19. The second-order valence-corrected chi connectivity index (χ2v) is 15.0. The minimum atomic E-state index is -0.886. The molecule has 0 saturated carbocycles. The van der Waals surface area contributed by atoms with Crippen LogP contribution in [0.1, 0.15) is 35.1 Å². The highest BCUT2D eigenvalue weighted by Gasteiger charge is 2.35. The second-order valence-electron chi connectivity index (χ2n) is 13.8. The molecule has 8 rings (SSSR count). The summed E-state index contributed by atoms with van der Waals surface area (Å²) < 4.78 is 41.2. The molecule has 6 aromatic rings. The van der Waals surface area contributed by atoms with Gasteiger partial charge in [0.05, 0.1) is 25.3 Å². The van der Waals surface area contributed by atoms with Gasteiger partial charge in [0.15, 0.2) is 0 Å². The highest BCUT2D eigenvalue weighted by Crippen LogP contribution is 2.37. The number of nitrogens with zero attached hydrogens (tertiary/aromatic N) is 5. The van der Waals surface area contributed by atoms with Crippen LogP contribution in [0, 0.1) is 19.1 Å². The average molecular weight is 907 g/mol. The minimum Gasteiger partial charge on any atom is -0.496 e. The maximum absolute atomic E-state index is 15.4. The van der Waals surface area contributed by atoms with Gasteiger partial charge in [-0.15, -0.1) is 0 Å². The van der Waals surface area contributed by atoms with Crippen molar-refractivity contribution in [2.24, 2.45) is 0 Å². The minimum absolute atomic E-state index is 0. The molecule has 0 bridgehead atoms. The van der Waals surface area contributed by atoms with Gasteiger partial charge < -0.3 is 37.3 Å². The fourth-order valence-corrected chi connectivity index (χ4v) is 6.96. The van der Waals surface area contributed by atoms with Crippen molar-refractivity contribution in [2.45, 2.75) is 37.8 Å². The molecule has 2 aliphatic heterocycles. The smallest absolute Gasteiger partial charge is 0.326 e. The van der Waals surface area contributed by atoms with Crippen LogP contribution in [0.3, 0.4) is 0 Å². The molecule has 0 radical (unpaired) electrons. The standard InChI is InChI=1S/C22H19ClFN3O3.C18H13Cl2FN2O.C4H7NO2.CH3/c1-30-18-6-5-15(20(24)19(18)14-3-2-4-16(23)10-14)9-13-11-25-22(26-12-13)27-8-7-17(27)21(28)29;1-24-15-6-5-13(7-11-9-22-18(20)23-10-11)17(21)16(15)12-3-2-4-14(19)8-12;6-4(7)3-1-2-5-3;/h2-6,10-12,17H,7-9H2,1H3,(H,28,29);2-6,8-10H,7H2,1H3;3,5H,1-2H2,(H,6,7);1H3/q;;;-1. The SMILES string of the molecule is COc1ccc(Cc2cnc(Cl)nc2)c(F)c1-c1cccc(Cl)c1.COc1ccc(Cc2cnc(N3CCC3C(=O)O)nc2)c(F)c1-c1cccc(Cl)c1.O=C(O)C1CCN1.[CH3-]. The van der Waals surface area contributed by atoms with Crippen LogP contribution in [-0.4, -0.2) is 81.5 Å². The number of hydrogen-bond donors (Lipinski definition) is 3. The summed E-state index contributed by atoms with van der Waals surface area (Å²) in [5.41, 5.74) is 4.47. The molecule has 2 saturated heterocycles. The molecule has 2 atom stereocenters. The Hall–Kier alpha value is -5.93. The van der Waals surface area contributed by atoms with Gasteiger partial charge >= 0.3 is 11.9 Å². The number of halogens is 5. The second kappa shape index (κ2) is 21.7. The summed E-state index contributed by atoms with van der Waals surface area (Å²) in [5.74, 6) is -1.13. The largest absolute Gasteiger partial charge is 0.496 e. The summed E-state index contributed by atoms with van der Waals surface area (Å²) >= 11 is 17.8. The summed E-state index contributed by atoms with van der Waals surface area (Å²) in [4.78, 5) is 39.1. The van der Waals surface area contributed by atoms with Crippen molar-refractivity contribution in [3.8, 4) is 33.8 Å². The Kier molecular flexibility index (Phi) is 16.5. The van der Waals surface area contributed by atoms with Crippen molar-refractivity contribution >= 4 is 52.7 Å². The van der Waals surface area contributed by atoms with E-state index in [1.807, 2.05) is 0 Å². The van der Waals surface area contributed by atoms with Gasteiger partial charge in [-0.05, 0) is 101 Å². The number of nitrogens with one attached hydrogen (secondary N) is 1. The summed E-state index contributed by atoms with van der Waals surface area (Å²) in [6.45, 7) is 1.46. The first kappa shape index (κ1) is 47.1. The number of ether oxygens (including phenoxy) is 2. The lowest BCUT2D eigenvalue weighted by Gasteiger charge is -2.37. The quantitative estimate of drug-likeness (QED) is 0.0837. The van der Waals surface area contributed by atoms with Crippen LogP contribution in [0.25, 0.3) is 22.3 Å². The van der Waals surface area contributed by atoms with Crippen molar-refractivity contribution in [2.75, 3.05) is 32.2 Å². The number of benzene rings is 4. The summed E-state index contributed by atoms with van der Waals surface area (Å²) in [7, 11) is 3.00. The fraction of sp³-hybridized carbons (Fsp3) is 0.222. The van der Waals surface area contributed by atoms with Crippen molar-refractivity contribution < 1.29 is 38.1 Å². The van der Waals surface area contributed by atoms with Gasteiger partial charge in [0.2, 0.25) is 11.2 Å². The van der Waals surface area contributed by atoms with E-state index in [-0.39, 0.29) is 31.0 Å². The molecule has 2 aliphatic rings. The Bertz CT molecular complexity index is 2500. The van der Waals surface area contributed by atoms with Gasteiger partial charge in [0, 0.05) is 54.2 Å². The Balaban J connectivity index is 0.000000203. The first-order valence-electron chi connectivity index (χ1n) is 18.8. The van der Waals surface area contributed by atoms with E-state index in [1.54, 1.807) is 102 Å². The van der Waals surface area contributed by atoms with Crippen molar-refractivity contribution in [3.05, 3.63) is 154 Å². The van der Waals surface area contributed by atoms with Crippen molar-refractivity contribution in [1.82, 2.24) is 25.3 Å². The third kappa shape index (κ3) is 11.5. The molecule has 4 heterocycles. The molecule has 2 unspecified atom stereocenters. The Morgan fingerprint density at radius 2 is 1.19 bits per heavy atom. The third-order valence-corrected chi connectivity index (χ3v) is 10.5. The Morgan fingerprint density at radius 3 is 1.53 bits per heavy atom. The topological polar surface area (TPSA) is 160 Å². The highest BCUT2D eigenvalue weighted by molar-refractivity contribution is 6.31. The number of methoxy groups -OCH3 is 2. The normalized spacial score (nSPS) is 14.9. The molecule has 0 spiro atoms. The maximum Gasteiger partial charge on any atom is 0.326 e. The molecule has 12 nitrogen and oxygen atoms in total. The summed E-state index contributed by atoms with van der Waals surface area (Å²) in [6.07, 6.45) is 8.35. The number of carboxylic acids is 2. The van der Waals surface area contributed by atoms with Crippen molar-refractivity contribution in [3.63, 3.8) is 0 Å². The van der Waals surface area contributed by atoms with E-state index in [1.165, 1.54) is 14.2 Å². The van der Waals surface area contributed by atoms with Crippen LogP contribution < -0.4 is 19.7 Å². The van der Waals surface area contributed by atoms with E-state index in [4.69, 9.17) is 54.5 Å². The van der Waals surface area contributed by atoms with Gasteiger partial charge in [-0.2, -0.15) is 0 Å². The number of anilines is 1.